The van der Waals surface area contributed by atoms with Crippen LogP contribution in [0.25, 0.3) is 0 Å². The molecule has 1 heterocycles. The lowest BCUT2D eigenvalue weighted by molar-refractivity contribution is 0.0473. The van der Waals surface area contributed by atoms with Gasteiger partial charge in [-0.05, 0) is 48.4 Å². The van der Waals surface area contributed by atoms with E-state index < -0.39 is 0 Å². The van der Waals surface area contributed by atoms with Crippen molar-refractivity contribution in [2.24, 2.45) is 0 Å². The van der Waals surface area contributed by atoms with Gasteiger partial charge in [0.25, 0.3) is 5.91 Å². The maximum absolute atomic E-state index is 12.5. The van der Waals surface area contributed by atoms with Gasteiger partial charge >= 0.3 is 0 Å². The van der Waals surface area contributed by atoms with E-state index in [4.69, 9.17) is 0 Å². The molecule has 1 N–H and O–H groups in total. The Morgan fingerprint density at radius 2 is 2.05 bits per heavy atom. The van der Waals surface area contributed by atoms with Gasteiger partial charge in [0.15, 0.2) is 0 Å². The van der Waals surface area contributed by atoms with Gasteiger partial charge in [-0.1, -0.05) is 26.8 Å². The van der Waals surface area contributed by atoms with E-state index in [-0.39, 0.29) is 17.4 Å². The molecular weight excluding hydrogens is 250 g/mol. The molecule has 3 nitrogen and oxygen atoms in total. The summed E-state index contributed by atoms with van der Waals surface area (Å²) in [6, 6.07) is 5.95. The first kappa shape index (κ1) is 15.0. The number of carbonyl (C=O) groups is 1. The van der Waals surface area contributed by atoms with Crippen molar-refractivity contribution in [1.29, 1.82) is 0 Å². The Bertz CT molecular complexity index is 502. The van der Waals surface area contributed by atoms with E-state index in [1.807, 2.05) is 12.1 Å². The molecule has 1 fully saturated rings. The molecule has 1 aromatic rings. The second-order valence-corrected chi connectivity index (χ2v) is 6.83. The number of aliphatic hydroxyl groups excluding tert-OH is 1. The van der Waals surface area contributed by atoms with Gasteiger partial charge in [0.1, 0.15) is 0 Å². The summed E-state index contributed by atoms with van der Waals surface area (Å²) in [7, 11) is 0. The summed E-state index contributed by atoms with van der Waals surface area (Å²) < 4.78 is 0. The highest BCUT2D eigenvalue weighted by molar-refractivity contribution is 5.94. The number of likely N-dealkylation sites (tertiary alicyclic amines) is 1. The molecule has 1 aromatic carbocycles. The lowest BCUT2D eigenvalue weighted by Crippen LogP contribution is -2.42. The number of rotatable bonds is 1. The molecular formula is C17H25NO2. The van der Waals surface area contributed by atoms with Crippen LogP contribution in [-0.4, -0.2) is 35.1 Å². The quantitative estimate of drug-likeness (QED) is 0.856. The Morgan fingerprint density at radius 3 is 2.60 bits per heavy atom. The standard InChI is InChI=1S/C17H25NO2/c1-12-10-13(7-8-15(12)17(2,3)4)16(20)18-9-5-6-14(19)11-18/h7-8,10,14,19H,5-6,9,11H2,1-4H3. The molecule has 0 aliphatic carbocycles. The first-order valence-electron chi connectivity index (χ1n) is 7.37. The predicted molar refractivity (Wildman–Crippen MR) is 81.0 cm³/mol. The third-order valence-corrected chi connectivity index (χ3v) is 3.97. The first-order valence-corrected chi connectivity index (χ1v) is 7.37. The third-order valence-electron chi connectivity index (χ3n) is 3.97. The normalized spacial score (nSPS) is 20.1. The summed E-state index contributed by atoms with van der Waals surface area (Å²) in [6.07, 6.45) is 1.31. The van der Waals surface area contributed by atoms with E-state index in [2.05, 4.69) is 33.8 Å². The molecule has 1 amide bonds. The topological polar surface area (TPSA) is 40.5 Å². The molecule has 110 valence electrons. The zero-order valence-corrected chi connectivity index (χ0v) is 12.9. The molecule has 2 rings (SSSR count). The molecule has 0 saturated carbocycles. The van der Waals surface area contributed by atoms with Gasteiger partial charge in [0.05, 0.1) is 6.10 Å². The summed E-state index contributed by atoms with van der Waals surface area (Å²) in [6.45, 7) is 9.80. The number of aliphatic hydroxyl groups is 1. The molecule has 0 radical (unpaired) electrons. The minimum absolute atomic E-state index is 0.0345. The molecule has 0 spiro atoms. The molecule has 1 atom stereocenters. The summed E-state index contributed by atoms with van der Waals surface area (Å²) in [5.41, 5.74) is 3.24. The van der Waals surface area contributed by atoms with Crippen molar-refractivity contribution in [3.8, 4) is 0 Å². The van der Waals surface area contributed by atoms with Crippen molar-refractivity contribution in [3.05, 3.63) is 34.9 Å². The van der Waals surface area contributed by atoms with Crippen LogP contribution >= 0.6 is 0 Å². The van der Waals surface area contributed by atoms with Crippen molar-refractivity contribution in [2.75, 3.05) is 13.1 Å². The van der Waals surface area contributed by atoms with Gasteiger partial charge in [-0.2, -0.15) is 0 Å². The van der Waals surface area contributed by atoms with Crippen LogP contribution in [0.5, 0.6) is 0 Å². The number of piperidine rings is 1. The SMILES string of the molecule is Cc1cc(C(=O)N2CCCC(O)C2)ccc1C(C)(C)C. The predicted octanol–water partition coefficient (Wildman–Crippen LogP) is 2.89. The van der Waals surface area contributed by atoms with Gasteiger partial charge in [-0.15, -0.1) is 0 Å². The molecule has 3 heteroatoms. The van der Waals surface area contributed by atoms with E-state index in [1.54, 1.807) is 4.90 Å². The maximum atomic E-state index is 12.5. The number of β-amino-alcohol motifs (C(OH)–C–C–N with tert-alkyl or cyclic N) is 1. The second-order valence-electron chi connectivity index (χ2n) is 6.83. The van der Waals surface area contributed by atoms with Gasteiger partial charge < -0.3 is 10.0 Å². The highest BCUT2D eigenvalue weighted by Gasteiger charge is 2.24. The van der Waals surface area contributed by atoms with E-state index in [0.717, 1.165) is 30.5 Å². The van der Waals surface area contributed by atoms with E-state index in [9.17, 15) is 9.90 Å². The van der Waals surface area contributed by atoms with E-state index >= 15 is 0 Å². The third kappa shape index (κ3) is 3.21. The molecule has 1 aliphatic heterocycles. The summed E-state index contributed by atoms with van der Waals surface area (Å²) in [5, 5.41) is 9.69. The molecule has 1 unspecified atom stereocenters. The molecule has 1 saturated heterocycles. The van der Waals surface area contributed by atoms with Crippen LogP contribution in [-0.2, 0) is 5.41 Å². The van der Waals surface area contributed by atoms with Gasteiger partial charge in [-0.25, -0.2) is 0 Å². The second kappa shape index (κ2) is 5.57. The average molecular weight is 275 g/mol. The largest absolute Gasteiger partial charge is 0.391 e. The minimum Gasteiger partial charge on any atom is -0.391 e. The van der Waals surface area contributed by atoms with E-state index in [0.29, 0.717) is 6.54 Å². The van der Waals surface area contributed by atoms with Crippen LogP contribution in [0.15, 0.2) is 18.2 Å². The number of benzene rings is 1. The Kier molecular flexibility index (Phi) is 4.19. The van der Waals surface area contributed by atoms with Crippen LogP contribution in [0.3, 0.4) is 0 Å². The number of hydrogen-bond acceptors (Lipinski definition) is 2. The van der Waals surface area contributed by atoms with Crippen LogP contribution in [0.1, 0.15) is 55.1 Å². The van der Waals surface area contributed by atoms with Gasteiger partial charge in [0, 0.05) is 18.7 Å². The highest BCUT2D eigenvalue weighted by atomic mass is 16.3. The molecule has 0 bridgehead atoms. The van der Waals surface area contributed by atoms with Crippen LogP contribution < -0.4 is 0 Å². The Balaban J connectivity index is 2.21. The summed E-state index contributed by atoms with van der Waals surface area (Å²) in [4.78, 5) is 14.2. The van der Waals surface area contributed by atoms with Gasteiger partial charge in [0.2, 0.25) is 0 Å². The Hall–Kier alpha value is -1.35. The fourth-order valence-electron chi connectivity index (χ4n) is 2.96. The fourth-order valence-corrected chi connectivity index (χ4v) is 2.96. The Morgan fingerprint density at radius 1 is 1.35 bits per heavy atom. The number of carbonyl (C=O) groups excluding carboxylic acids is 1. The fraction of sp³-hybridized carbons (Fsp3) is 0.588. The van der Waals surface area contributed by atoms with Crippen molar-refractivity contribution in [3.63, 3.8) is 0 Å². The van der Waals surface area contributed by atoms with Crippen LogP contribution in [0.2, 0.25) is 0 Å². The monoisotopic (exact) mass is 275 g/mol. The van der Waals surface area contributed by atoms with Crippen molar-refractivity contribution >= 4 is 5.91 Å². The molecule has 20 heavy (non-hydrogen) atoms. The number of aryl methyl sites for hydroxylation is 1. The smallest absolute Gasteiger partial charge is 0.253 e. The van der Waals surface area contributed by atoms with Crippen LogP contribution in [0, 0.1) is 6.92 Å². The Labute approximate surface area is 121 Å². The van der Waals surface area contributed by atoms with Gasteiger partial charge in [-0.3, -0.25) is 4.79 Å². The lowest BCUT2D eigenvalue weighted by Gasteiger charge is -2.30. The van der Waals surface area contributed by atoms with Crippen molar-refractivity contribution in [1.82, 2.24) is 4.90 Å². The van der Waals surface area contributed by atoms with Crippen LogP contribution in [0.4, 0.5) is 0 Å². The zero-order valence-electron chi connectivity index (χ0n) is 12.9. The summed E-state index contributed by atoms with van der Waals surface area (Å²) in [5.74, 6) is 0.0345. The zero-order chi connectivity index (χ0) is 14.9. The summed E-state index contributed by atoms with van der Waals surface area (Å²) >= 11 is 0. The van der Waals surface area contributed by atoms with E-state index in [1.165, 1.54) is 5.56 Å². The van der Waals surface area contributed by atoms with Crippen molar-refractivity contribution in [2.45, 2.75) is 52.1 Å². The average Bonchev–Trinajstić information content (AvgIpc) is 2.36. The number of nitrogens with zero attached hydrogens (tertiary/aromatic N) is 1. The molecule has 0 aromatic heterocycles. The highest BCUT2D eigenvalue weighted by Crippen LogP contribution is 2.26. The lowest BCUT2D eigenvalue weighted by atomic mass is 9.83. The van der Waals surface area contributed by atoms with Crippen molar-refractivity contribution < 1.29 is 9.90 Å². The number of amides is 1. The molecule has 1 aliphatic rings. The number of hydrogen-bond donors (Lipinski definition) is 1. The first-order chi connectivity index (χ1) is 9.29. The maximum Gasteiger partial charge on any atom is 0.253 e. The minimum atomic E-state index is -0.373.